The Labute approximate surface area is 162 Å². The van der Waals surface area contributed by atoms with Gasteiger partial charge in [0.2, 0.25) is 5.95 Å². The van der Waals surface area contributed by atoms with Crippen molar-refractivity contribution in [1.82, 2.24) is 25.0 Å². The molecule has 3 N–H and O–H groups in total. The van der Waals surface area contributed by atoms with Gasteiger partial charge in [-0.25, -0.2) is 0 Å². The first-order valence-corrected chi connectivity index (χ1v) is 9.11. The highest BCUT2D eigenvalue weighted by atomic mass is 16.1. The Morgan fingerprint density at radius 1 is 1.43 bits per heavy atom. The number of carbonyl (C=O) groups excluding carboxylic acids is 2. The number of carbonyl (C=O) groups is 2. The van der Waals surface area contributed by atoms with E-state index in [1.54, 1.807) is 24.1 Å². The van der Waals surface area contributed by atoms with Crippen molar-refractivity contribution < 1.29 is 9.59 Å². The van der Waals surface area contributed by atoms with Crippen LogP contribution >= 0.6 is 0 Å². The van der Waals surface area contributed by atoms with Gasteiger partial charge in [0, 0.05) is 32.3 Å². The maximum Gasteiger partial charge on any atom is 0.273 e. The van der Waals surface area contributed by atoms with Crippen molar-refractivity contribution in [3.8, 4) is 0 Å². The minimum Gasteiger partial charge on any atom is -0.364 e. The fourth-order valence-electron chi connectivity index (χ4n) is 3.43. The Morgan fingerprint density at radius 2 is 2.21 bits per heavy atom. The van der Waals surface area contributed by atoms with E-state index in [4.69, 9.17) is 5.73 Å². The second kappa shape index (κ2) is 8.15. The number of aryl methyl sites for hydroxylation is 1. The molecule has 1 saturated heterocycles. The number of hydrogen-bond donors (Lipinski definition) is 2. The Hall–Kier alpha value is -3.30. The van der Waals surface area contributed by atoms with Crippen LogP contribution < -0.4 is 16.0 Å². The topological polar surface area (TPSA) is 132 Å². The van der Waals surface area contributed by atoms with Gasteiger partial charge in [0.05, 0.1) is 11.9 Å². The number of piperidine rings is 1. The standard InChI is InChI=1S/C18H24N8O2/c1-4-14(27)8-12-6-5-7-26(11(12)2)18-22-17(15(16(19)28)23-24-18)21-13-9-20-25(3)10-13/h4,9-12H,1,5-8H2,2-3H3,(H2,19,28)(H,21,22,24)/t11-,12+/m1/s1. The van der Waals surface area contributed by atoms with Crippen molar-refractivity contribution >= 4 is 29.1 Å². The number of nitrogens with two attached hydrogens (primary N) is 1. The molecule has 28 heavy (non-hydrogen) atoms. The Morgan fingerprint density at radius 3 is 2.86 bits per heavy atom. The minimum absolute atomic E-state index is 0.0285. The molecule has 0 saturated carbocycles. The molecule has 1 aliphatic heterocycles. The van der Waals surface area contributed by atoms with Crippen molar-refractivity contribution in [2.45, 2.75) is 32.2 Å². The van der Waals surface area contributed by atoms with Crippen LogP contribution in [0.25, 0.3) is 0 Å². The molecule has 0 unspecified atom stereocenters. The van der Waals surface area contributed by atoms with E-state index in [0.717, 1.165) is 19.4 Å². The smallest absolute Gasteiger partial charge is 0.273 e. The number of ketones is 1. The lowest BCUT2D eigenvalue weighted by molar-refractivity contribution is -0.115. The summed E-state index contributed by atoms with van der Waals surface area (Å²) in [6.07, 6.45) is 7.01. The molecule has 0 aliphatic carbocycles. The molecule has 1 amide bonds. The van der Waals surface area contributed by atoms with Crippen LogP contribution in [0.5, 0.6) is 0 Å². The molecule has 1 fully saturated rings. The summed E-state index contributed by atoms with van der Waals surface area (Å²) in [7, 11) is 1.78. The largest absolute Gasteiger partial charge is 0.364 e. The van der Waals surface area contributed by atoms with E-state index in [2.05, 4.69) is 32.2 Å². The summed E-state index contributed by atoms with van der Waals surface area (Å²) in [6.45, 7) is 6.33. The minimum atomic E-state index is -0.723. The number of nitrogens with zero attached hydrogens (tertiary/aromatic N) is 6. The van der Waals surface area contributed by atoms with Crippen molar-refractivity contribution in [2.75, 3.05) is 16.8 Å². The zero-order valence-electron chi connectivity index (χ0n) is 16.0. The third kappa shape index (κ3) is 4.16. The molecule has 0 spiro atoms. The van der Waals surface area contributed by atoms with Crippen LogP contribution in [0.15, 0.2) is 25.0 Å². The van der Waals surface area contributed by atoms with Gasteiger partial charge < -0.3 is 16.0 Å². The quantitative estimate of drug-likeness (QED) is 0.681. The monoisotopic (exact) mass is 384 g/mol. The summed E-state index contributed by atoms with van der Waals surface area (Å²) >= 11 is 0. The van der Waals surface area contributed by atoms with Crippen molar-refractivity contribution in [3.05, 3.63) is 30.7 Å². The number of allylic oxidation sites excluding steroid dienone is 1. The molecule has 10 nitrogen and oxygen atoms in total. The predicted octanol–water partition coefficient (Wildman–Crippen LogP) is 1.20. The van der Waals surface area contributed by atoms with Gasteiger partial charge in [-0.3, -0.25) is 14.3 Å². The first kappa shape index (κ1) is 19.5. The lowest BCUT2D eigenvalue weighted by atomic mass is 9.86. The van der Waals surface area contributed by atoms with Gasteiger partial charge in [0.15, 0.2) is 17.3 Å². The highest BCUT2D eigenvalue weighted by molar-refractivity contribution is 5.96. The fraction of sp³-hybridized carbons (Fsp3) is 0.444. The maximum absolute atomic E-state index is 11.8. The SMILES string of the molecule is C=CC(=O)C[C@@H]1CCCN(c2nnc(C(N)=O)c(Nc3cnn(C)c3)n2)[C@@H]1C. The molecule has 2 aromatic rings. The summed E-state index contributed by atoms with van der Waals surface area (Å²) < 4.78 is 1.62. The number of primary amides is 1. The average molecular weight is 384 g/mol. The van der Waals surface area contributed by atoms with Gasteiger partial charge in [-0.15, -0.1) is 10.2 Å². The Bertz CT molecular complexity index is 893. The van der Waals surface area contributed by atoms with E-state index < -0.39 is 5.91 Å². The first-order chi connectivity index (χ1) is 13.4. The van der Waals surface area contributed by atoms with Crippen molar-refractivity contribution in [1.29, 1.82) is 0 Å². The summed E-state index contributed by atoms with van der Waals surface area (Å²) in [5, 5.41) is 15.2. The van der Waals surface area contributed by atoms with Crippen LogP contribution in [0.2, 0.25) is 0 Å². The van der Waals surface area contributed by atoms with Gasteiger partial charge >= 0.3 is 0 Å². The number of rotatable bonds is 7. The van der Waals surface area contributed by atoms with Crippen LogP contribution in [-0.2, 0) is 11.8 Å². The molecule has 2 atom stereocenters. The molecule has 1 aliphatic rings. The van der Waals surface area contributed by atoms with Gasteiger partial charge in [-0.1, -0.05) is 6.58 Å². The number of aromatic nitrogens is 5. The van der Waals surface area contributed by atoms with Crippen LogP contribution in [0.3, 0.4) is 0 Å². The van der Waals surface area contributed by atoms with Crippen LogP contribution in [-0.4, -0.2) is 49.2 Å². The lowest BCUT2D eigenvalue weighted by Crippen LogP contribution is -2.45. The second-order valence-corrected chi connectivity index (χ2v) is 6.91. The van der Waals surface area contributed by atoms with Gasteiger partial charge in [-0.2, -0.15) is 10.1 Å². The molecule has 0 aromatic carbocycles. The highest BCUT2D eigenvalue weighted by Gasteiger charge is 2.31. The Balaban J connectivity index is 1.88. The van der Waals surface area contributed by atoms with Gasteiger partial charge in [-0.05, 0) is 31.8 Å². The average Bonchev–Trinajstić information content (AvgIpc) is 3.07. The molecule has 3 heterocycles. The lowest BCUT2D eigenvalue weighted by Gasteiger charge is -2.39. The zero-order valence-corrected chi connectivity index (χ0v) is 16.0. The molecule has 3 rings (SSSR count). The van der Waals surface area contributed by atoms with E-state index in [1.807, 2.05) is 11.8 Å². The van der Waals surface area contributed by atoms with E-state index >= 15 is 0 Å². The van der Waals surface area contributed by atoms with Gasteiger partial charge in [0.1, 0.15) is 0 Å². The summed E-state index contributed by atoms with van der Waals surface area (Å²) in [4.78, 5) is 30.0. The van der Waals surface area contributed by atoms with E-state index in [-0.39, 0.29) is 29.3 Å². The van der Waals surface area contributed by atoms with E-state index in [1.165, 1.54) is 6.08 Å². The van der Waals surface area contributed by atoms with Crippen LogP contribution in [0.4, 0.5) is 17.5 Å². The maximum atomic E-state index is 11.8. The van der Waals surface area contributed by atoms with Crippen LogP contribution in [0, 0.1) is 5.92 Å². The zero-order chi connectivity index (χ0) is 20.3. The third-order valence-electron chi connectivity index (χ3n) is 4.97. The second-order valence-electron chi connectivity index (χ2n) is 6.91. The normalized spacial score (nSPS) is 19.3. The molecular weight excluding hydrogens is 360 g/mol. The van der Waals surface area contributed by atoms with E-state index in [9.17, 15) is 9.59 Å². The molecule has 0 radical (unpaired) electrons. The first-order valence-electron chi connectivity index (χ1n) is 9.11. The number of hydrogen-bond acceptors (Lipinski definition) is 8. The number of anilines is 3. The molecule has 10 heteroatoms. The summed E-state index contributed by atoms with van der Waals surface area (Å²) in [6, 6.07) is 0.0464. The molecule has 2 aromatic heterocycles. The molecule has 148 valence electrons. The highest BCUT2D eigenvalue weighted by Crippen LogP contribution is 2.30. The molecular formula is C18H24N8O2. The van der Waals surface area contributed by atoms with E-state index in [0.29, 0.717) is 18.1 Å². The number of nitrogens with one attached hydrogen (secondary N) is 1. The van der Waals surface area contributed by atoms with Crippen molar-refractivity contribution in [2.24, 2.45) is 18.7 Å². The Kier molecular flexibility index (Phi) is 5.67. The third-order valence-corrected chi connectivity index (χ3v) is 4.97. The fourth-order valence-corrected chi connectivity index (χ4v) is 3.43. The predicted molar refractivity (Wildman–Crippen MR) is 104 cm³/mol. The number of amides is 1. The van der Waals surface area contributed by atoms with Crippen LogP contribution in [0.1, 0.15) is 36.7 Å². The summed E-state index contributed by atoms with van der Waals surface area (Å²) in [5.74, 6) is 0.0925. The molecule has 0 bridgehead atoms. The summed E-state index contributed by atoms with van der Waals surface area (Å²) in [5.41, 5.74) is 6.02. The van der Waals surface area contributed by atoms with Crippen molar-refractivity contribution in [3.63, 3.8) is 0 Å². The van der Waals surface area contributed by atoms with Gasteiger partial charge in [0.25, 0.3) is 5.91 Å².